The molecule has 0 saturated heterocycles. The Balaban J connectivity index is 4.28. The van der Waals surface area contributed by atoms with Gasteiger partial charge in [-0.05, 0) is 33.1 Å². The van der Waals surface area contributed by atoms with Crippen LogP contribution in [0.25, 0.3) is 0 Å². The first-order valence-corrected chi connectivity index (χ1v) is 9.15. The molecule has 0 aliphatic heterocycles. The highest BCUT2D eigenvalue weighted by Gasteiger charge is 2.19. The Hall–Kier alpha value is -1.06. The monoisotopic (exact) mass is 327 g/mol. The Morgan fingerprint density at radius 1 is 1.00 bits per heavy atom. The van der Waals surface area contributed by atoms with Gasteiger partial charge in [-0.3, -0.25) is 9.59 Å². The number of nitrogens with zero attached hydrogens (tertiary/aromatic N) is 1. The highest BCUT2D eigenvalue weighted by molar-refractivity contribution is 5.77. The van der Waals surface area contributed by atoms with Crippen molar-refractivity contribution in [1.29, 1.82) is 0 Å². The van der Waals surface area contributed by atoms with Gasteiger partial charge in [-0.25, -0.2) is 0 Å². The van der Waals surface area contributed by atoms with Crippen molar-refractivity contribution in [3.8, 4) is 0 Å². The summed E-state index contributed by atoms with van der Waals surface area (Å²) < 4.78 is 5.32. The minimum absolute atomic E-state index is 0.166. The largest absolute Gasteiger partial charge is 0.460 e. The van der Waals surface area contributed by atoms with E-state index in [1.54, 1.807) is 0 Å². The van der Waals surface area contributed by atoms with Crippen LogP contribution in [-0.2, 0) is 14.3 Å². The molecule has 0 aromatic heterocycles. The minimum Gasteiger partial charge on any atom is -0.460 e. The summed E-state index contributed by atoms with van der Waals surface area (Å²) in [4.78, 5) is 26.1. The SMILES string of the molecule is CCCCCCCC(=O)N(CCC(=O)OC(C)(C)C)CC(C)C. The lowest BCUT2D eigenvalue weighted by Crippen LogP contribution is -2.36. The van der Waals surface area contributed by atoms with Crippen LogP contribution in [0, 0.1) is 5.92 Å². The molecule has 4 nitrogen and oxygen atoms in total. The van der Waals surface area contributed by atoms with Gasteiger partial charge in [-0.1, -0.05) is 46.5 Å². The number of unbranched alkanes of at least 4 members (excludes halogenated alkanes) is 4. The third-order valence-electron chi connectivity index (χ3n) is 3.44. The molecule has 0 heterocycles. The summed E-state index contributed by atoms with van der Waals surface area (Å²) in [7, 11) is 0. The topological polar surface area (TPSA) is 46.6 Å². The Kier molecular flexibility index (Phi) is 10.9. The summed E-state index contributed by atoms with van der Waals surface area (Å²) in [6.07, 6.45) is 6.56. The first kappa shape index (κ1) is 21.9. The summed E-state index contributed by atoms with van der Waals surface area (Å²) in [6.45, 7) is 13.1. The van der Waals surface area contributed by atoms with E-state index in [1.165, 1.54) is 19.3 Å². The molecule has 0 saturated carbocycles. The maximum absolute atomic E-state index is 12.4. The van der Waals surface area contributed by atoms with Crippen molar-refractivity contribution in [3.63, 3.8) is 0 Å². The van der Waals surface area contributed by atoms with Crippen molar-refractivity contribution in [3.05, 3.63) is 0 Å². The van der Waals surface area contributed by atoms with Gasteiger partial charge in [0.05, 0.1) is 6.42 Å². The average Bonchev–Trinajstić information content (AvgIpc) is 2.40. The standard InChI is InChI=1S/C19H37NO3/c1-7-8-9-10-11-12-17(21)20(15-16(2)3)14-13-18(22)23-19(4,5)6/h16H,7-15H2,1-6H3. The lowest BCUT2D eigenvalue weighted by Gasteiger charge is -2.25. The van der Waals surface area contributed by atoms with Crippen molar-refractivity contribution in [1.82, 2.24) is 4.90 Å². The molecular weight excluding hydrogens is 290 g/mol. The van der Waals surface area contributed by atoms with E-state index in [4.69, 9.17) is 4.74 Å². The molecule has 0 spiro atoms. The first-order valence-electron chi connectivity index (χ1n) is 9.15. The number of carbonyl (C=O) groups is 2. The molecule has 0 N–H and O–H groups in total. The van der Waals surface area contributed by atoms with Crippen LogP contribution >= 0.6 is 0 Å². The second-order valence-electron chi connectivity index (χ2n) is 7.73. The van der Waals surface area contributed by atoms with Crippen LogP contribution in [0.15, 0.2) is 0 Å². The number of carbonyl (C=O) groups excluding carboxylic acids is 2. The van der Waals surface area contributed by atoms with Gasteiger partial charge in [0.25, 0.3) is 0 Å². The molecule has 0 aromatic rings. The van der Waals surface area contributed by atoms with E-state index >= 15 is 0 Å². The van der Waals surface area contributed by atoms with Gasteiger partial charge in [-0.15, -0.1) is 0 Å². The maximum atomic E-state index is 12.4. The molecule has 0 unspecified atom stereocenters. The molecular formula is C19H37NO3. The molecule has 23 heavy (non-hydrogen) atoms. The van der Waals surface area contributed by atoms with Crippen LogP contribution < -0.4 is 0 Å². The minimum atomic E-state index is -0.469. The third-order valence-corrected chi connectivity index (χ3v) is 3.44. The Labute approximate surface area is 143 Å². The second-order valence-corrected chi connectivity index (χ2v) is 7.73. The van der Waals surface area contributed by atoms with Gasteiger partial charge in [-0.2, -0.15) is 0 Å². The zero-order valence-electron chi connectivity index (χ0n) is 16.1. The Morgan fingerprint density at radius 2 is 1.61 bits per heavy atom. The molecule has 0 bridgehead atoms. The van der Waals surface area contributed by atoms with Crippen LogP contribution in [0.3, 0.4) is 0 Å². The van der Waals surface area contributed by atoms with Gasteiger partial charge in [0, 0.05) is 19.5 Å². The molecule has 1 amide bonds. The van der Waals surface area contributed by atoms with Gasteiger partial charge >= 0.3 is 5.97 Å². The molecule has 0 radical (unpaired) electrons. The van der Waals surface area contributed by atoms with E-state index in [1.807, 2.05) is 25.7 Å². The van der Waals surface area contributed by atoms with Gasteiger partial charge in [0.2, 0.25) is 5.91 Å². The van der Waals surface area contributed by atoms with Gasteiger partial charge < -0.3 is 9.64 Å². The molecule has 0 fully saturated rings. The van der Waals surface area contributed by atoms with Crippen LogP contribution in [-0.4, -0.2) is 35.5 Å². The third kappa shape index (κ3) is 13.1. The van der Waals surface area contributed by atoms with Crippen molar-refractivity contribution in [2.75, 3.05) is 13.1 Å². The highest BCUT2D eigenvalue weighted by Crippen LogP contribution is 2.11. The summed E-state index contributed by atoms with van der Waals surface area (Å²) >= 11 is 0. The lowest BCUT2D eigenvalue weighted by atomic mass is 10.1. The van der Waals surface area contributed by atoms with Crippen molar-refractivity contribution in [2.45, 2.75) is 92.1 Å². The van der Waals surface area contributed by atoms with E-state index in [-0.39, 0.29) is 18.3 Å². The summed E-state index contributed by atoms with van der Waals surface area (Å²) in [6, 6.07) is 0. The predicted octanol–water partition coefficient (Wildman–Crippen LogP) is 4.56. The van der Waals surface area contributed by atoms with Crippen LogP contribution in [0.1, 0.15) is 86.5 Å². The average molecular weight is 328 g/mol. The molecule has 0 aliphatic rings. The van der Waals surface area contributed by atoms with Crippen molar-refractivity contribution in [2.24, 2.45) is 5.92 Å². The Bertz CT molecular complexity index is 345. The quantitative estimate of drug-likeness (QED) is 0.413. The lowest BCUT2D eigenvalue weighted by molar-refractivity contribution is -0.155. The van der Waals surface area contributed by atoms with Crippen LogP contribution in [0.4, 0.5) is 0 Å². The van der Waals surface area contributed by atoms with E-state index in [9.17, 15) is 9.59 Å². The van der Waals surface area contributed by atoms with Crippen molar-refractivity contribution < 1.29 is 14.3 Å². The molecule has 0 atom stereocenters. The van der Waals surface area contributed by atoms with E-state index in [0.717, 1.165) is 12.8 Å². The molecule has 0 aromatic carbocycles. The predicted molar refractivity (Wildman–Crippen MR) is 95.3 cm³/mol. The molecule has 0 aliphatic carbocycles. The maximum Gasteiger partial charge on any atom is 0.308 e. The van der Waals surface area contributed by atoms with Crippen molar-refractivity contribution >= 4 is 11.9 Å². The summed E-state index contributed by atoms with van der Waals surface area (Å²) in [5.41, 5.74) is -0.469. The number of hydrogen-bond donors (Lipinski definition) is 0. The number of esters is 1. The fraction of sp³-hybridized carbons (Fsp3) is 0.895. The summed E-state index contributed by atoms with van der Waals surface area (Å²) in [5.74, 6) is 0.332. The van der Waals surface area contributed by atoms with Gasteiger partial charge in [0.15, 0.2) is 0 Å². The zero-order chi connectivity index (χ0) is 17.9. The number of ether oxygens (including phenoxy) is 1. The summed E-state index contributed by atoms with van der Waals surface area (Å²) in [5, 5.41) is 0. The number of rotatable bonds is 11. The fourth-order valence-corrected chi connectivity index (χ4v) is 2.42. The highest BCUT2D eigenvalue weighted by atomic mass is 16.6. The van der Waals surface area contributed by atoms with Gasteiger partial charge in [0.1, 0.15) is 5.60 Å². The molecule has 4 heteroatoms. The normalized spacial score (nSPS) is 11.6. The Morgan fingerprint density at radius 3 is 2.13 bits per heavy atom. The smallest absolute Gasteiger partial charge is 0.308 e. The second kappa shape index (κ2) is 11.5. The molecule has 0 rings (SSSR count). The zero-order valence-corrected chi connectivity index (χ0v) is 16.1. The van der Waals surface area contributed by atoms with E-state index in [2.05, 4.69) is 20.8 Å². The van der Waals surface area contributed by atoms with Crippen LogP contribution in [0.5, 0.6) is 0 Å². The molecule has 136 valence electrons. The fourth-order valence-electron chi connectivity index (χ4n) is 2.42. The van der Waals surface area contributed by atoms with E-state index < -0.39 is 5.60 Å². The van der Waals surface area contributed by atoms with Crippen LogP contribution in [0.2, 0.25) is 0 Å². The van der Waals surface area contributed by atoms with E-state index in [0.29, 0.717) is 25.4 Å². The number of amides is 1. The number of hydrogen-bond acceptors (Lipinski definition) is 3. The first-order chi connectivity index (χ1) is 10.7.